The molecule has 0 nitrogen and oxygen atoms in total. The summed E-state index contributed by atoms with van der Waals surface area (Å²) in [6.45, 7) is 0. The van der Waals surface area contributed by atoms with Crippen molar-refractivity contribution in [2.45, 2.75) is 38.5 Å². The van der Waals surface area contributed by atoms with E-state index in [1.807, 2.05) is 0 Å². The van der Waals surface area contributed by atoms with Crippen LogP contribution in [0.1, 0.15) is 35.1 Å². The molecule has 6 aromatic rings. The number of fused-ring (bicyclic) bond motifs is 5. The average Bonchev–Trinajstić information content (AvgIpc) is 2.92. The molecule has 0 saturated heterocycles. The van der Waals surface area contributed by atoms with Crippen molar-refractivity contribution in [3.8, 4) is 0 Å². The van der Waals surface area contributed by atoms with Gasteiger partial charge in [-0.05, 0) is 104 Å². The predicted octanol–water partition coefficient (Wildman–Crippen LogP) is 8.96. The van der Waals surface area contributed by atoms with Crippen molar-refractivity contribution in [3.63, 3.8) is 0 Å². The largest absolute Gasteiger partial charge is 0.0616 e. The third kappa shape index (κ3) is 3.13. The molecule has 0 fully saturated rings. The number of benzene rings is 6. The lowest BCUT2D eigenvalue weighted by molar-refractivity contribution is 0.690. The van der Waals surface area contributed by atoms with Crippen LogP contribution in [0.25, 0.3) is 43.1 Å². The Balaban J connectivity index is 0.000000118. The zero-order valence-electron chi connectivity index (χ0n) is 19.5. The molecule has 0 heteroatoms. The Hall–Kier alpha value is -3.64. The van der Waals surface area contributed by atoms with Gasteiger partial charge in [0.25, 0.3) is 0 Å². The van der Waals surface area contributed by atoms with E-state index in [0.29, 0.717) is 0 Å². The maximum atomic E-state index is 2.35. The number of hydrogen-bond acceptors (Lipinski definition) is 0. The Bertz CT molecular complexity index is 1640. The van der Waals surface area contributed by atoms with Crippen LogP contribution in [0.2, 0.25) is 0 Å². The van der Waals surface area contributed by atoms with Crippen molar-refractivity contribution in [1.29, 1.82) is 0 Å². The first kappa shape index (κ1) is 19.8. The van der Waals surface area contributed by atoms with E-state index in [4.69, 9.17) is 0 Å². The smallest absolute Gasteiger partial charge is 0.00704 e. The maximum Gasteiger partial charge on any atom is -0.00704 e. The maximum absolute atomic E-state index is 2.35. The first-order valence-corrected chi connectivity index (χ1v) is 12.7. The van der Waals surface area contributed by atoms with Crippen LogP contribution < -0.4 is 0 Å². The highest BCUT2D eigenvalue weighted by molar-refractivity contribution is 6.11. The second-order valence-corrected chi connectivity index (χ2v) is 9.89. The van der Waals surface area contributed by atoms with Crippen molar-refractivity contribution in [2.75, 3.05) is 0 Å². The third-order valence-electron chi connectivity index (χ3n) is 7.98. The van der Waals surface area contributed by atoms with Gasteiger partial charge in [0.2, 0.25) is 0 Å². The molecule has 6 aromatic carbocycles. The normalized spacial score (nSPS) is 14.4. The van der Waals surface area contributed by atoms with Crippen molar-refractivity contribution >= 4 is 43.1 Å². The van der Waals surface area contributed by atoms with Gasteiger partial charge in [-0.15, -0.1) is 0 Å². The van der Waals surface area contributed by atoms with Gasteiger partial charge in [-0.2, -0.15) is 0 Å². The van der Waals surface area contributed by atoms with E-state index < -0.39 is 0 Å². The van der Waals surface area contributed by atoms with Crippen LogP contribution in [0.3, 0.4) is 0 Å². The molecular formula is C34H28. The summed E-state index contributed by atoms with van der Waals surface area (Å²) in [4.78, 5) is 0. The highest BCUT2D eigenvalue weighted by atomic mass is 14.2. The molecule has 0 aliphatic heterocycles. The quantitative estimate of drug-likeness (QED) is 0.208. The third-order valence-corrected chi connectivity index (χ3v) is 7.98. The second-order valence-electron chi connectivity index (χ2n) is 9.89. The van der Waals surface area contributed by atoms with Crippen LogP contribution in [-0.4, -0.2) is 0 Å². The summed E-state index contributed by atoms with van der Waals surface area (Å²) >= 11 is 0. The molecule has 0 amide bonds. The van der Waals surface area contributed by atoms with Gasteiger partial charge in [0.15, 0.2) is 0 Å². The van der Waals surface area contributed by atoms with E-state index in [1.54, 1.807) is 11.1 Å². The lowest BCUT2D eigenvalue weighted by Crippen LogP contribution is -2.02. The minimum Gasteiger partial charge on any atom is -0.0616 e. The highest BCUT2D eigenvalue weighted by Gasteiger charge is 2.14. The number of rotatable bonds is 0. The monoisotopic (exact) mass is 436 g/mol. The van der Waals surface area contributed by atoms with Gasteiger partial charge in [-0.1, -0.05) is 97.1 Å². The van der Waals surface area contributed by atoms with E-state index in [0.717, 1.165) is 0 Å². The topological polar surface area (TPSA) is 0 Å². The van der Waals surface area contributed by atoms with Crippen molar-refractivity contribution in [1.82, 2.24) is 0 Å². The molecule has 34 heavy (non-hydrogen) atoms. The Morgan fingerprint density at radius 3 is 1.74 bits per heavy atom. The van der Waals surface area contributed by atoms with Crippen LogP contribution in [0.4, 0.5) is 0 Å². The van der Waals surface area contributed by atoms with Gasteiger partial charge < -0.3 is 0 Å². The summed E-state index contributed by atoms with van der Waals surface area (Å²) in [6.07, 6.45) is 7.59. The lowest BCUT2D eigenvalue weighted by atomic mass is 9.86. The molecule has 0 aromatic heterocycles. The Morgan fingerprint density at radius 1 is 0.353 bits per heavy atom. The van der Waals surface area contributed by atoms with E-state index >= 15 is 0 Å². The van der Waals surface area contributed by atoms with Gasteiger partial charge in [-0.3, -0.25) is 0 Å². The summed E-state index contributed by atoms with van der Waals surface area (Å²) in [5, 5.41) is 11.4. The minimum atomic E-state index is 1.19. The second kappa shape index (κ2) is 7.99. The fraction of sp³-hybridized carbons (Fsp3) is 0.176. The standard InChI is InChI=1S/C18H16.C16H12/c1-3-7-15-13(5-1)9-11-18-16-8-4-2-6-14(16)10-12-17(15)18;1-3-11-7-9-13-5-2-6-14-10-8-12(4-1)15(11)16(13)14/h1,3,5,7,9-12H,2,4,6,8H2;1-7,9H,8,10H2. The van der Waals surface area contributed by atoms with E-state index in [-0.39, 0.29) is 0 Å². The molecule has 0 radical (unpaired) electrons. The summed E-state index contributed by atoms with van der Waals surface area (Å²) in [5.41, 5.74) is 6.21. The molecule has 0 saturated carbocycles. The summed E-state index contributed by atoms with van der Waals surface area (Å²) < 4.78 is 0. The van der Waals surface area contributed by atoms with Gasteiger partial charge in [0.1, 0.15) is 0 Å². The van der Waals surface area contributed by atoms with E-state index in [9.17, 15) is 0 Å². The summed E-state index contributed by atoms with van der Waals surface area (Å²) in [6, 6.07) is 35.8. The van der Waals surface area contributed by atoms with Gasteiger partial charge in [0, 0.05) is 0 Å². The molecule has 0 unspecified atom stereocenters. The van der Waals surface area contributed by atoms with Crippen molar-refractivity contribution in [3.05, 3.63) is 119 Å². The Kier molecular flexibility index (Phi) is 4.65. The molecule has 164 valence electrons. The summed E-state index contributed by atoms with van der Waals surface area (Å²) in [5.74, 6) is 0. The molecule has 0 bridgehead atoms. The SMILES string of the molecule is c1cc2c3c(c1)ccc1cccc(c13)CC2.c1ccc2c(c1)ccc1c3c(ccc12)CCCC3. The molecule has 0 atom stereocenters. The number of hydrogen-bond donors (Lipinski definition) is 0. The molecular weight excluding hydrogens is 408 g/mol. The summed E-state index contributed by atoms with van der Waals surface area (Å²) in [7, 11) is 0. The average molecular weight is 437 g/mol. The molecule has 0 heterocycles. The van der Waals surface area contributed by atoms with Crippen LogP contribution in [0.5, 0.6) is 0 Å². The minimum absolute atomic E-state index is 1.19. The van der Waals surface area contributed by atoms with Gasteiger partial charge in [0.05, 0.1) is 0 Å². The van der Waals surface area contributed by atoms with Crippen LogP contribution in [0, 0.1) is 0 Å². The zero-order valence-corrected chi connectivity index (χ0v) is 19.5. The van der Waals surface area contributed by atoms with Crippen LogP contribution >= 0.6 is 0 Å². The fourth-order valence-corrected chi connectivity index (χ4v) is 6.34. The lowest BCUT2D eigenvalue weighted by Gasteiger charge is -2.18. The van der Waals surface area contributed by atoms with E-state index in [2.05, 4.69) is 97.1 Å². The van der Waals surface area contributed by atoms with E-state index in [1.165, 1.54) is 92.7 Å². The van der Waals surface area contributed by atoms with Gasteiger partial charge >= 0.3 is 0 Å². The first-order valence-electron chi connectivity index (χ1n) is 12.7. The number of aryl methyl sites for hydroxylation is 4. The van der Waals surface area contributed by atoms with Gasteiger partial charge in [-0.25, -0.2) is 0 Å². The first-order chi connectivity index (χ1) is 16.9. The molecule has 0 N–H and O–H groups in total. The molecule has 0 spiro atoms. The van der Waals surface area contributed by atoms with Crippen molar-refractivity contribution < 1.29 is 0 Å². The van der Waals surface area contributed by atoms with Crippen LogP contribution in [-0.2, 0) is 25.7 Å². The fourth-order valence-electron chi connectivity index (χ4n) is 6.34. The predicted molar refractivity (Wildman–Crippen MR) is 147 cm³/mol. The molecule has 8 rings (SSSR count). The highest BCUT2D eigenvalue weighted by Crippen LogP contribution is 2.35. The van der Waals surface area contributed by atoms with Crippen LogP contribution in [0.15, 0.2) is 97.1 Å². The van der Waals surface area contributed by atoms with Crippen molar-refractivity contribution in [2.24, 2.45) is 0 Å². The Morgan fingerprint density at radius 2 is 0.971 bits per heavy atom. The molecule has 2 aliphatic carbocycles. The molecule has 2 aliphatic rings. The zero-order chi connectivity index (χ0) is 22.5. The Labute approximate surface area is 200 Å².